The summed E-state index contributed by atoms with van der Waals surface area (Å²) in [5.74, 6) is 0.665. The van der Waals surface area contributed by atoms with Crippen LogP contribution in [-0.4, -0.2) is 33.4 Å². The number of hydrogen-bond donors (Lipinski definition) is 2. The minimum absolute atomic E-state index is 0.00395. The first-order valence-electron chi connectivity index (χ1n) is 10.3. The predicted molar refractivity (Wildman–Crippen MR) is 109 cm³/mol. The normalized spacial score (nSPS) is 20.5. The van der Waals surface area contributed by atoms with Crippen molar-refractivity contribution in [2.24, 2.45) is 0 Å². The molecule has 6 heteroatoms. The molecule has 148 valence electrons. The van der Waals surface area contributed by atoms with Crippen molar-refractivity contribution in [3.8, 4) is 0 Å². The number of nitrogens with one attached hydrogen (secondary N) is 2. The fourth-order valence-corrected chi connectivity index (χ4v) is 4.43. The van der Waals surface area contributed by atoms with Crippen LogP contribution in [0.1, 0.15) is 61.3 Å². The zero-order valence-corrected chi connectivity index (χ0v) is 16.4. The SMILES string of the molecule is Cc1ccccc1CNc1nc([C@@H]2CC(=O)N(C3CCCCC3)C2)cc(=O)[nH]1. The number of hydrogen-bond acceptors (Lipinski definition) is 4. The van der Waals surface area contributed by atoms with E-state index < -0.39 is 0 Å². The molecule has 1 amide bonds. The standard InChI is InChI=1S/C22H28N4O2/c1-15-7-5-6-8-16(15)13-23-22-24-19(12-20(27)25-22)17-11-21(28)26(14-17)18-9-3-2-4-10-18/h5-8,12,17-18H,2-4,9-11,13-14H2,1H3,(H2,23,24,25,27)/t17-/m1/s1. The molecule has 0 unspecified atom stereocenters. The van der Waals surface area contributed by atoms with Gasteiger partial charge in [-0.3, -0.25) is 14.6 Å². The van der Waals surface area contributed by atoms with Crippen LogP contribution in [-0.2, 0) is 11.3 Å². The summed E-state index contributed by atoms with van der Waals surface area (Å²) in [6, 6.07) is 10.0. The number of nitrogens with zero attached hydrogens (tertiary/aromatic N) is 2. The van der Waals surface area contributed by atoms with Gasteiger partial charge in [-0.15, -0.1) is 0 Å². The lowest BCUT2D eigenvalue weighted by atomic mass is 9.94. The molecule has 0 bridgehead atoms. The number of aromatic amines is 1. The molecule has 0 radical (unpaired) electrons. The molecule has 2 aliphatic rings. The van der Waals surface area contributed by atoms with Crippen molar-refractivity contribution in [2.45, 2.75) is 64.0 Å². The topological polar surface area (TPSA) is 78.1 Å². The highest BCUT2D eigenvalue weighted by Crippen LogP contribution is 2.32. The molecule has 1 aliphatic heterocycles. The second-order valence-electron chi connectivity index (χ2n) is 8.04. The third-order valence-corrected chi connectivity index (χ3v) is 6.06. The van der Waals surface area contributed by atoms with E-state index in [1.165, 1.54) is 24.8 Å². The molecule has 0 spiro atoms. The van der Waals surface area contributed by atoms with Crippen molar-refractivity contribution >= 4 is 11.9 Å². The predicted octanol–water partition coefficient (Wildman–Crippen LogP) is 3.34. The second-order valence-corrected chi connectivity index (χ2v) is 8.04. The summed E-state index contributed by atoms with van der Waals surface area (Å²) in [6.45, 7) is 3.33. The fourth-order valence-electron chi connectivity index (χ4n) is 4.43. The molecular formula is C22H28N4O2. The van der Waals surface area contributed by atoms with Gasteiger partial charge in [0.05, 0.1) is 5.69 Å². The number of aromatic nitrogens is 2. The third-order valence-electron chi connectivity index (χ3n) is 6.06. The minimum Gasteiger partial charge on any atom is -0.352 e. The van der Waals surface area contributed by atoms with Crippen molar-refractivity contribution in [3.63, 3.8) is 0 Å². The van der Waals surface area contributed by atoms with Crippen LogP contribution in [0.5, 0.6) is 0 Å². The van der Waals surface area contributed by atoms with Crippen LogP contribution >= 0.6 is 0 Å². The Morgan fingerprint density at radius 3 is 2.75 bits per heavy atom. The van der Waals surface area contributed by atoms with E-state index >= 15 is 0 Å². The van der Waals surface area contributed by atoms with Crippen LogP contribution in [0.15, 0.2) is 35.1 Å². The molecule has 1 saturated carbocycles. The van der Waals surface area contributed by atoms with Crippen LogP contribution in [0, 0.1) is 6.92 Å². The van der Waals surface area contributed by atoms with Gasteiger partial charge in [-0.2, -0.15) is 0 Å². The largest absolute Gasteiger partial charge is 0.352 e. The Balaban J connectivity index is 1.47. The van der Waals surface area contributed by atoms with Crippen molar-refractivity contribution in [3.05, 3.63) is 57.5 Å². The highest BCUT2D eigenvalue weighted by molar-refractivity contribution is 5.80. The Morgan fingerprint density at radius 2 is 1.96 bits per heavy atom. The summed E-state index contributed by atoms with van der Waals surface area (Å²) in [5.41, 5.74) is 2.89. The van der Waals surface area contributed by atoms with E-state index in [2.05, 4.69) is 34.3 Å². The van der Waals surface area contributed by atoms with Gasteiger partial charge in [-0.25, -0.2) is 4.98 Å². The molecule has 2 fully saturated rings. The van der Waals surface area contributed by atoms with Gasteiger partial charge >= 0.3 is 0 Å². The molecule has 4 rings (SSSR count). The van der Waals surface area contributed by atoms with E-state index in [1.54, 1.807) is 6.07 Å². The van der Waals surface area contributed by atoms with Crippen molar-refractivity contribution < 1.29 is 4.79 Å². The molecule has 1 aliphatic carbocycles. The molecule has 2 heterocycles. The summed E-state index contributed by atoms with van der Waals surface area (Å²) >= 11 is 0. The maximum Gasteiger partial charge on any atom is 0.252 e. The average molecular weight is 380 g/mol. The van der Waals surface area contributed by atoms with Crippen molar-refractivity contribution in [2.75, 3.05) is 11.9 Å². The summed E-state index contributed by atoms with van der Waals surface area (Å²) in [7, 11) is 0. The van der Waals surface area contributed by atoms with Crippen LogP contribution in [0.3, 0.4) is 0 Å². The van der Waals surface area contributed by atoms with Crippen LogP contribution in [0.2, 0.25) is 0 Å². The van der Waals surface area contributed by atoms with E-state index in [4.69, 9.17) is 0 Å². The molecule has 1 saturated heterocycles. The summed E-state index contributed by atoms with van der Waals surface area (Å²) in [4.78, 5) is 34.2. The molecule has 2 N–H and O–H groups in total. The Bertz CT molecular complexity index is 901. The van der Waals surface area contributed by atoms with Crippen LogP contribution in [0.4, 0.5) is 5.95 Å². The zero-order chi connectivity index (χ0) is 19.5. The van der Waals surface area contributed by atoms with Gasteiger partial charge < -0.3 is 10.2 Å². The number of carbonyl (C=O) groups excluding carboxylic acids is 1. The number of anilines is 1. The van der Waals surface area contributed by atoms with Gasteiger partial charge in [0.15, 0.2) is 0 Å². The Hall–Kier alpha value is -2.63. The number of amides is 1. The maximum atomic E-state index is 12.6. The van der Waals surface area contributed by atoms with E-state index in [9.17, 15) is 9.59 Å². The van der Waals surface area contributed by atoms with Gasteiger partial charge in [0.25, 0.3) is 5.56 Å². The summed E-state index contributed by atoms with van der Waals surface area (Å²) in [6.07, 6.45) is 6.33. The quantitative estimate of drug-likeness (QED) is 0.834. The van der Waals surface area contributed by atoms with E-state index in [0.717, 1.165) is 18.4 Å². The first-order chi connectivity index (χ1) is 13.6. The highest BCUT2D eigenvalue weighted by Gasteiger charge is 2.36. The molecule has 28 heavy (non-hydrogen) atoms. The minimum atomic E-state index is -0.180. The number of H-pyrrole nitrogens is 1. The maximum absolute atomic E-state index is 12.6. The van der Waals surface area contributed by atoms with Crippen LogP contribution < -0.4 is 10.9 Å². The molecule has 1 atom stereocenters. The lowest BCUT2D eigenvalue weighted by Gasteiger charge is -2.31. The Labute approximate surface area is 165 Å². The van der Waals surface area contributed by atoms with Gasteiger partial charge in [0.1, 0.15) is 0 Å². The number of likely N-dealkylation sites (tertiary alicyclic amines) is 1. The average Bonchev–Trinajstić information content (AvgIpc) is 3.09. The van der Waals surface area contributed by atoms with Gasteiger partial charge in [0.2, 0.25) is 11.9 Å². The first kappa shape index (κ1) is 18.7. The number of benzene rings is 1. The lowest BCUT2D eigenvalue weighted by Crippen LogP contribution is -2.37. The molecule has 6 nitrogen and oxygen atoms in total. The first-order valence-corrected chi connectivity index (χ1v) is 10.3. The van der Waals surface area contributed by atoms with Crippen LogP contribution in [0.25, 0.3) is 0 Å². The fraction of sp³-hybridized carbons (Fsp3) is 0.500. The highest BCUT2D eigenvalue weighted by atomic mass is 16.2. The van der Waals surface area contributed by atoms with Gasteiger partial charge in [0, 0.05) is 37.5 Å². The summed E-state index contributed by atoms with van der Waals surface area (Å²) in [5, 5.41) is 3.23. The second kappa shape index (κ2) is 8.17. The Kier molecular flexibility index (Phi) is 5.46. The molecule has 1 aromatic heterocycles. The molecule has 1 aromatic carbocycles. The summed E-state index contributed by atoms with van der Waals surface area (Å²) < 4.78 is 0. The lowest BCUT2D eigenvalue weighted by molar-refractivity contribution is -0.130. The third kappa shape index (κ3) is 4.11. The smallest absolute Gasteiger partial charge is 0.252 e. The number of carbonyl (C=O) groups is 1. The Morgan fingerprint density at radius 1 is 1.18 bits per heavy atom. The molecular weight excluding hydrogens is 352 g/mol. The monoisotopic (exact) mass is 380 g/mol. The van der Waals surface area contributed by atoms with E-state index in [0.29, 0.717) is 37.2 Å². The zero-order valence-electron chi connectivity index (χ0n) is 16.4. The number of aryl methyl sites for hydroxylation is 1. The van der Waals surface area contributed by atoms with Crippen molar-refractivity contribution in [1.29, 1.82) is 0 Å². The van der Waals surface area contributed by atoms with Crippen molar-refractivity contribution in [1.82, 2.24) is 14.9 Å². The molecule has 2 aromatic rings. The van der Waals surface area contributed by atoms with Gasteiger partial charge in [-0.1, -0.05) is 43.5 Å². The van der Waals surface area contributed by atoms with Gasteiger partial charge in [-0.05, 0) is 30.9 Å². The van der Waals surface area contributed by atoms with E-state index in [1.807, 2.05) is 17.0 Å². The number of rotatable bonds is 5. The van der Waals surface area contributed by atoms with E-state index in [-0.39, 0.29) is 17.4 Å².